The van der Waals surface area contributed by atoms with Gasteiger partial charge >= 0.3 is 6.18 Å². The number of rotatable bonds is 2. The van der Waals surface area contributed by atoms with Gasteiger partial charge in [-0.25, -0.2) is 0 Å². The zero-order valence-corrected chi connectivity index (χ0v) is 12.9. The lowest BCUT2D eigenvalue weighted by Gasteiger charge is -2.17. The van der Waals surface area contributed by atoms with E-state index < -0.39 is 11.7 Å². The topological polar surface area (TPSA) is 22.0 Å². The smallest absolute Gasteiger partial charge is 0.283 e. The Bertz CT molecular complexity index is 999. The Morgan fingerprint density at radius 2 is 1.58 bits per heavy atom. The fourth-order valence-corrected chi connectivity index (χ4v) is 2.70. The van der Waals surface area contributed by atoms with Gasteiger partial charge < -0.3 is 0 Å². The summed E-state index contributed by atoms with van der Waals surface area (Å²) in [4.78, 5) is 12.8. The molecule has 0 saturated carbocycles. The predicted molar refractivity (Wildman–Crippen MR) is 89.4 cm³/mol. The Labute approximate surface area is 136 Å². The molecule has 3 aromatic rings. The molecule has 0 aliphatic rings. The summed E-state index contributed by atoms with van der Waals surface area (Å²) in [6.07, 6.45) is -3.35. The van der Waals surface area contributed by atoms with Crippen molar-refractivity contribution in [2.24, 2.45) is 0 Å². The van der Waals surface area contributed by atoms with Crippen LogP contribution in [0, 0.1) is 6.92 Å². The van der Waals surface area contributed by atoms with Gasteiger partial charge in [-0.3, -0.25) is 9.36 Å². The molecule has 0 saturated heterocycles. The third-order valence-electron chi connectivity index (χ3n) is 3.97. The van der Waals surface area contributed by atoms with Crippen LogP contribution in [0.2, 0.25) is 0 Å². The Morgan fingerprint density at radius 3 is 2.21 bits per heavy atom. The van der Waals surface area contributed by atoms with Crippen LogP contribution in [0.3, 0.4) is 0 Å². The molecule has 122 valence electrons. The Morgan fingerprint density at radius 1 is 1.00 bits per heavy atom. The Balaban J connectivity index is 2.41. The van der Waals surface area contributed by atoms with E-state index in [4.69, 9.17) is 0 Å². The van der Waals surface area contributed by atoms with Crippen LogP contribution in [-0.2, 0) is 0 Å². The van der Waals surface area contributed by atoms with Crippen molar-refractivity contribution >= 4 is 16.3 Å². The normalized spacial score (nSPS) is 11.7. The minimum atomic E-state index is -4.57. The van der Waals surface area contributed by atoms with E-state index in [1.807, 2.05) is 0 Å². The number of halogens is 3. The van der Waals surface area contributed by atoms with Gasteiger partial charge in [0.1, 0.15) is 0 Å². The second-order valence-electron chi connectivity index (χ2n) is 5.53. The summed E-state index contributed by atoms with van der Waals surface area (Å²) in [5.74, 6) is 0. The SMILES string of the molecule is C=C(c1cn(-c2ccccc2C)c(=O)c2ccccc12)C(F)(F)F. The zero-order valence-electron chi connectivity index (χ0n) is 12.9. The number of nitrogens with zero attached hydrogens (tertiary/aromatic N) is 1. The van der Waals surface area contributed by atoms with Crippen LogP contribution in [0.15, 0.2) is 66.1 Å². The maximum absolute atomic E-state index is 13.2. The van der Waals surface area contributed by atoms with Crippen molar-refractivity contribution in [2.75, 3.05) is 0 Å². The second-order valence-corrected chi connectivity index (χ2v) is 5.53. The maximum atomic E-state index is 13.2. The van der Waals surface area contributed by atoms with E-state index in [0.717, 1.165) is 5.56 Å². The quantitative estimate of drug-likeness (QED) is 0.657. The highest BCUT2D eigenvalue weighted by molar-refractivity contribution is 5.93. The van der Waals surface area contributed by atoms with Crippen LogP contribution >= 0.6 is 0 Å². The average Bonchev–Trinajstić information content (AvgIpc) is 2.55. The third-order valence-corrected chi connectivity index (χ3v) is 3.97. The number of aromatic nitrogens is 1. The fraction of sp³-hybridized carbons (Fsp3) is 0.105. The molecule has 1 heterocycles. The highest BCUT2D eigenvalue weighted by atomic mass is 19.4. The van der Waals surface area contributed by atoms with Crippen molar-refractivity contribution in [3.8, 4) is 5.69 Å². The molecule has 0 amide bonds. The van der Waals surface area contributed by atoms with Gasteiger partial charge in [-0.15, -0.1) is 0 Å². The summed E-state index contributed by atoms with van der Waals surface area (Å²) in [6, 6.07) is 13.3. The number of aryl methyl sites for hydroxylation is 1. The Hall–Kier alpha value is -2.82. The first-order valence-corrected chi connectivity index (χ1v) is 7.27. The number of alkyl halides is 3. The first-order valence-electron chi connectivity index (χ1n) is 7.27. The predicted octanol–water partition coefficient (Wildman–Crippen LogP) is 4.87. The van der Waals surface area contributed by atoms with E-state index in [2.05, 4.69) is 6.58 Å². The van der Waals surface area contributed by atoms with Gasteiger partial charge in [0, 0.05) is 17.1 Å². The van der Waals surface area contributed by atoms with Crippen molar-refractivity contribution in [2.45, 2.75) is 13.1 Å². The van der Waals surface area contributed by atoms with Crippen LogP contribution in [0.5, 0.6) is 0 Å². The molecule has 0 atom stereocenters. The number of para-hydroxylation sites is 1. The summed E-state index contributed by atoms with van der Waals surface area (Å²) in [6.45, 7) is 4.99. The summed E-state index contributed by atoms with van der Waals surface area (Å²) < 4.78 is 40.8. The van der Waals surface area contributed by atoms with Crippen LogP contribution in [-0.4, -0.2) is 10.7 Å². The van der Waals surface area contributed by atoms with Crippen LogP contribution in [0.1, 0.15) is 11.1 Å². The molecular formula is C19H14F3NO. The van der Waals surface area contributed by atoms with Gasteiger partial charge in [0.15, 0.2) is 0 Å². The minimum Gasteiger partial charge on any atom is -0.283 e. The van der Waals surface area contributed by atoms with Crippen molar-refractivity contribution in [1.82, 2.24) is 4.57 Å². The highest BCUT2D eigenvalue weighted by Crippen LogP contribution is 2.35. The van der Waals surface area contributed by atoms with Crippen LogP contribution < -0.4 is 5.56 Å². The van der Waals surface area contributed by atoms with Gasteiger partial charge in [0.25, 0.3) is 5.56 Å². The average molecular weight is 329 g/mol. The van der Waals surface area contributed by atoms with Crippen molar-refractivity contribution in [3.63, 3.8) is 0 Å². The van der Waals surface area contributed by atoms with E-state index >= 15 is 0 Å². The molecule has 0 aliphatic carbocycles. The van der Waals surface area contributed by atoms with Crippen molar-refractivity contribution < 1.29 is 13.2 Å². The van der Waals surface area contributed by atoms with E-state index in [9.17, 15) is 18.0 Å². The molecular weight excluding hydrogens is 315 g/mol. The van der Waals surface area contributed by atoms with Crippen LogP contribution in [0.25, 0.3) is 22.0 Å². The van der Waals surface area contributed by atoms with E-state index in [-0.39, 0.29) is 21.9 Å². The molecule has 0 radical (unpaired) electrons. The van der Waals surface area contributed by atoms with Gasteiger partial charge in [0.2, 0.25) is 0 Å². The summed E-state index contributed by atoms with van der Waals surface area (Å²) in [5.41, 5.74) is -0.0939. The molecule has 0 aliphatic heterocycles. The van der Waals surface area contributed by atoms with Gasteiger partial charge in [-0.1, -0.05) is 43.0 Å². The molecule has 5 heteroatoms. The van der Waals surface area contributed by atoms with Crippen molar-refractivity contribution in [1.29, 1.82) is 0 Å². The molecule has 2 aromatic carbocycles. The van der Waals surface area contributed by atoms with Crippen LogP contribution in [0.4, 0.5) is 13.2 Å². The first kappa shape index (κ1) is 16.1. The van der Waals surface area contributed by atoms with Gasteiger partial charge in [0.05, 0.1) is 11.3 Å². The van der Waals surface area contributed by atoms with E-state index in [0.29, 0.717) is 5.69 Å². The van der Waals surface area contributed by atoms with Crippen molar-refractivity contribution in [3.05, 3.63) is 82.8 Å². The lowest BCUT2D eigenvalue weighted by molar-refractivity contribution is -0.0686. The maximum Gasteiger partial charge on any atom is 0.416 e. The van der Waals surface area contributed by atoms with Gasteiger partial charge in [-0.2, -0.15) is 13.2 Å². The lowest BCUT2D eigenvalue weighted by atomic mass is 10.0. The standard InChI is InChI=1S/C19H14F3NO/c1-12-7-3-6-10-17(12)23-11-16(13(2)19(20,21)22)14-8-4-5-9-15(14)18(23)24/h3-11H,2H2,1H3. The molecule has 0 unspecified atom stereocenters. The van der Waals surface area contributed by atoms with E-state index in [1.165, 1.54) is 22.9 Å². The lowest BCUT2D eigenvalue weighted by Crippen LogP contribution is -2.21. The van der Waals surface area contributed by atoms with E-state index in [1.54, 1.807) is 43.3 Å². The summed E-state index contributed by atoms with van der Waals surface area (Å²) >= 11 is 0. The molecule has 3 rings (SSSR count). The summed E-state index contributed by atoms with van der Waals surface area (Å²) in [7, 11) is 0. The number of hydrogen-bond acceptors (Lipinski definition) is 1. The highest BCUT2D eigenvalue weighted by Gasteiger charge is 2.34. The summed E-state index contributed by atoms with van der Waals surface area (Å²) in [5, 5.41) is 0.471. The minimum absolute atomic E-state index is 0.0963. The zero-order chi connectivity index (χ0) is 17.5. The number of hydrogen-bond donors (Lipinski definition) is 0. The number of fused-ring (bicyclic) bond motifs is 1. The monoisotopic (exact) mass is 329 g/mol. The number of benzene rings is 2. The second kappa shape index (κ2) is 5.67. The number of allylic oxidation sites excluding steroid dienone is 1. The van der Waals surface area contributed by atoms with Gasteiger partial charge in [-0.05, 0) is 30.0 Å². The molecule has 0 N–H and O–H groups in total. The largest absolute Gasteiger partial charge is 0.416 e. The number of pyridine rings is 1. The third kappa shape index (κ3) is 2.62. The fourth-order valence-electron chi connectivity index (χ4n) is 2.70. The first-order chi connectivity index (χ1) is 11.3. The molecule has 0 bridgehead atoms. The molecule has 0 fully saturated rings. The molecule has 24 heavy (non-hydrogen) atoms. The molecule has 0 spiro atoms. The molecule has 2 nitrogen and oxygen atoms in total. The Kier molecular flexibility index (Phi) is 3.79. The molecule has 1 aromatic heterocycles.